The van der Waals surface area contributed by atoms with Gasteiger partial charge in [-0.2, -0.15) is 11.3 Å². The lowest BCUT2D eigenvalue weighted by Crippen LogP contribution is -2.34. The Morgan fingerprint density at radius 2 is 2.04 bits per heavy atom. The van der Waals surface area contributed by atoms with Crippen molar-refractivity contribution < 1.29 is 14.3 Å². The fourth-order valence-electron chi connectivity index (χ4n) is 2.66. The number of carbonyl (C=O) groups is 1. The quantitative estimate of drug-likeness (QED) is 0.904. The van der Waals surface area contributed by atoms with Gasteiger partial charge >= 0.3 is 0 Å². The maximum Gasteiger partial charge on any atom is 0.251 e. The monoisotopic (exact) mass is 346 g/mol. The Kier molecular flexibility index (Phi) is 5.37. The summed E-state index contributed by atoms with van der Waals surface area (Å²) in [5.74, 6) is 1.24. The fraction of sp³-hybridized carbons (Fsp3) is 0.389. The highest BCUT2D eigenvalue weighted by molar-refractivity contribution is 7.07. The Morgan fingerprint density at radius 3 is 2.75 bits per heavy atom. The third-order valence-corrected chi connectivity index (χ3v) is 4.72. The van der Waals surface area contributed by atoms with Crippen molar-refractivity contribution in [2.45, 2.75) is 12.5 Å². The molecule has 1 atom stereocenters. The molecule has 0 saturated carbocycles. The van der Waals surface area contributed by atoms with Crippen LogP contribution in [0.1, 0.15) is 28.4 Å². The molecule has 0 spiro atoms. The van der Waals surface area contributed by atoms with Crippen molar-refractivity contribution in [3.63, 3.8) is 0 Å². The predicted octanol–water partition coefficient (Wildman–Crippen LogP) is 2.94. The number of fused-ring (bicyclic) bond motifs is 1. The van der Waals surface area contributed by atoms with E-state index in [4.69, 9.17) is 9.47 Å². The van der Waals surface area contributed by atoms with Crippen molar-refractivity contribution in [1.82, 2.24) is 10.2 Å². The zero-order chi connectivity index (χ0) is 16.9. The summed E-state index contributed by atoms with van der Waals surface area (Å²) in [7, 11) is 4.03. The van der Waals surface area contributed by atoms with E-state index in [1.165, 1.54) is 5.56 Å². The molecule has 1 amide bonds. The van der Waals surface area contributed by atoms with Gasteiger partial charge in [0.1, 0.15) is 0 Å². The Balaban J connectivity index is 1.67. The lowest BCUT2D eigenvalue weighted by atomic mass is 10.1. The smallest absolute Gasteiger partial charge is 0.251 e. The number of carbonyl (C=O) groups excluding carboxylic acids is 1. The summed E-state index contributed by atoms with van der Waals surface area (Å²) in [5.41, 5.74) is 1.80. The third kappa shape index (κ3) is 3.88. The predicted molar refractivity (Wildman–Crippen MR) is 95.1 cm³/mol. The minimum Gasteiger partial charge on any atom is -0.490 e. The second-order valence-electron chi connectivity index (χ2n) is 5.96. The molecule has 3 rings (SSSR count). The molecule has 1 aliphatic heterocycles. The number of hydrogen-bond acceptors (Lipinski definition) is 5. The van der Waals surface area contributed by atoms with Crippen LogP contribution in [0.2, 0.25) is 0 Å². The third-order valence-electron chi connectivity index (χ3n) is 4.02. The van der Waals surface area contributed by atoms with Gasteiger partial charge in [-0.05, 0) is 54.7 Å². The minimum atomic E-state index is -0.104. The molecule has 1 N–H and O–H groups in total. The van der Waals surface area contributed by atoms with Crippen molar-refractivity contribution >= 4 is 17.2 Å². The van der Waals surface area contributed by atoms with Gasteiger partial charge in [-0.1, -0.05) is 0 Å². The first-order valence-corrected chi connectivity index (χ1v) is 8.96. The van der Waals surface area contributed by atoms with E-state index in [0.717, 1.165) is 6.42 Å². The second kappa shape index (κ2) is 7.68. The summed E-state index contributed by atoms with van der Waals surface area (Å²) >= 11 is 1.66. The standard InChI is InChI=1S/C18H22N2O3S/c1-20(2)15(14-6-9-24-12-14)11-19-18(21)13-4-5-16-17(10-13)23-8-3-7-22-16/h4-6,9-10,12,15H,3,7-8,11H2,1-2H3,(H,19,21)/t15-/m0/s1. The molecule has 0 unspecified atom stereocenters. The van der Waals surface area contributed by atoms with Crippen molar-refractivity contribution in [2.75, 3.05) is 33.9 Å². The summed E-state index contributed by atoms with van der Waals surface area (Å²) in [4.78, 5) is 14.6. The van der Waals surface area contributed by atoms with E-state index >= 15 is 0 Å². The summed E-state index contributed by atoms with van der Waals surface area (Å²) in [6, 6.07) is 7.58. The first kappa shape index (κ1) is 16.8. The molecule has 1 aromatic heterocycles. The number of rotatable bonds is 5. The van der Waals surface area contributed by atoms with Crippen LogP contribution >= 0.6 is 11.3 Å². The molecule has 5 nitrogen and oxygen atoms in total. The zero-order valence-corrected chi connectivity index (χ0v) is 14.8. The Labute approximate surface area is 146 Å². The molecular formula is C18H22N2O3S. The number of benzene rings is 1. The SMILES string of the molecule is CN(C)[C@@H](CNC(=O)c1ccc2c(c1)OCCCO2)c1ccsc1. The molecule has 24 heavy (non-hydrogen) atoms. The largest absolute Gasteiger partial charge is 0.490 e. The molecule has 0 fully saturated rings. The number of nitrogens with zero attached hydrogens (tertiary/aromatic N) is 1. The maximum atomic E-state index is 12.5. The first-order chi connectivity index (χ1) is 11.6. The van der Waals surface area contributed by atoms with Crippen LogP contribution in [0.4, 0.5) is 0 Å². The van der Waals surface area contributed by atoms with Gasteiger partial charge in [0.2, 0.25) is 0 Å². The maximum absolute atomic E-state index is 12.5. The fourth-order valence-corrected chi connectivity index (χ4v) is 3.37. The Hall–Kier alpha value is -2.05. The Bertz CT molecular complexity index is 686. The van der Waals surface area contributed by atoms with Gasteiger partial charge in [-0.25, -0.2) is 0 Å². The van der Waals surface area contributed by atoms with Crippen molar-refractivity contribution in [3.8, 4) is 11.5 Å². The normalized spacial score (nSPS) is 15.0. The van der Waals surface area contributed by atoms with Crippen molar-refractivity contribution in [2.24, 2.45) is 0 Å². The average molecular weight is 346 g/mol. The molecule has 1 aromatic carbocycles. The van der Waals surface area contributed by atoms with Crippen molar-refractivity contribution in [1.29, 1.82) is 0 Å². The van der Waals surface area contributed by atoms with Crippen LogP contribution in [0.3, 0.4) is 0 Å². The van der Waals surface area contributed by atoms with Gasteiger partial charge in [-0.3, -0.25) is 4.79 Å². The van der Waals surface area contributed by atoms with Crippen LogP contribution in [-0.4, -0.2) is 44.7 Å². The van der Waals surface area contributed by atoms with Crippen LogP contribution < -0.4 is 14.8 Å². The Morgan fingerprint density at radius 1 is 1.25 bits per heavy atom. The van der Waals surface area contributed by atoms with Crippen LogP contribution in [0.25, 0.3) is 0 Å². The van der Waals surface area contributed by atoms with Crippen molar-refractivity contribution in [3.05, 3.63) is 46.2 Å². The van der Waals surface area contributed by atoms with E-state index in [-0.39, 0.29) is 11.9 Å². The van der Waals surface area contributed by atoms with E-state index in [9.17, 15) is 4.79 Å². The second-order valence-corrected chi connectivity index (χ2v) is 6.74. The van der Waals surface area contributed by atoms with Crippen LogP contribution in [0.5, 0.6) is 11.5 Å². The molecular weight excluding hydrogens is 324 g/mol. The van der Waals surface area contributed by atoms with E-state index in [0.29, 0.717) is 36.8 Å². The molecule has 0 bridgehead atoms. The first-order valence-electron chi connectivity index (χ1n) is 8.01. The van der Waals surface area contributed by atoms with Crippen LogP contribution in [-0.2, 0) is 0 Å². The number of nitrogens with one attached hydrogen (secondary N) is 1. The molecule has 2 heterocycles. The van der Waals surface area contributed by atoms with Crippen LogP contribution in [0, 0.1) is 0 Å². The van der Waals surface area contributed by atoms with Gasteiger partial charge in [0, 0.05) is 18.5 Å². The van der Waals surface area contributed by atoms with E-state index < -0.39 is 0 Å². The summed E-state index contributed by atoms with van der Waals surface area (Å²) in [5, 5.41) is 7.19. The van der Waals surface area contributed by atoms with Gasteiger partial charge in [0.15, 0.2) is 11.5 Å². The highest BCUT2D eigenvalue weighted by Crippen LogP contribution is 2.30. The lowest BCUT2D eigenvalue weighted by Gasteiger charge is -2.24. The number of hydrogen-bond donors (Lipinski definition) is 1. The van der Waals surface area contributed by atoms with Gasteiger partial charge in [0.05, 0.1) is 19.3 Å². The summed E-state index contributed by atoms with van der Waals surface area (Å²) < 4.78 is 11.2. The minimum absolute atomic E-state index is 0.104. The zero-order valence-electron chi connectivity index (χ0n) is 14.0. The average Bonchev–Trinajstić information content (AvgIpc) is 2.99. The molecule has 128 valence electrons. The van der Waals surface area contributed by atoms with Crippen LogP contribution in [0.15, 0.2) is 35.0 Å². The molecule has 0 radical (unpaired) electrons. The summed E-state index contributed by atoms with van der Waals surface area (Å²) in [6.07, 6.45) is 0.849. The van der Waals surface area contributed by atoms with Gasteiger partial charge in [0.25, 0.3) is 5.91 Å². The van der Waals surface area contributed by atoms with E-state index in [2.05, 4.69) is 27.0 Å². The number of thiophene rings is 1. The lowest BCUT2D eigenvalue weighted by molar-refractivity contribution is 0.0941. The molecule has 6 heteroatoms. The van der Waals surface area contributed by atoms with Gasteiger partial charge in [-0.15, -0.1) is 0 Å². The number of ether oxygens (including phenoxy) is 2. The topological polar surface area (TPSA) is 50.8 Å². The summed E-state index contributed by atoms with van der Waals surface area (Å²) in [6.45, 7) is 1.81. The molecule has 1 aliphatic rings. The highest BCUT2D eigenvalue weighted by Gasteiger charge is 2.18. The van der Waals surface area contributed by atoms with E-state index in [1.54, 1.807) is 29.5 Å². The van der Waals surface area contributed by atoms with Gasteiger partial charge < -0.3 is 19.7 Å². The number of likely N-dealkylation sites (N-methyl/N-ethyl adjacent to an activating group) is 1. The molecule has 0 aliphatic carbocycles. The number of amides is 1. The molecule has 2 aromatic rings. The molecule has 0 saturated heterocycles. The highest BCUT2D eigenvalue weighted by atomic mass is 32.1. The van der Waals surface area contributed by atoms with E-state index in [1.807, 2.05) is 14.1 Å².